The molecule has 112 valence electrons. The van der Waals surface area contributed by atoms with Gasteiger partial charge in [0.2, 0.25) is 5.91 Å². The fraction of sp³-hybridized carbons (Fsp3) is 0.588. The molecule has 3 aliphatic rings. The minimum Gasteiger partial charge on any atom is -0.335 e. The minimum absolute atomic E-state index is 0.198. The molecule has 4 heteroatoms. The van der Waals surface area contributed by atoms with E-state index in [2.05, 4.69) is 16.3 Å². The van der Waals surface area contributed by atoms with Crippen molar-refractivity contribution in [2.75, 3.05) is 6.54 Å². The van der Waals surface area contributed by atoms with E-state index in [9.17, 15) is 4.79 Å². The highest BCUT2D eigenvalue weighted by molar-refractivity contribution is 6.30. The van der Waals surface area contributed by atoms with Crippen molar-refractivity contribution < 1.29 is 4.79 Å². The zero-order valence-electron chi connectivity index (χ0n) is 12.1. The van der Waals surface area contributed by atoms with Gasteiger partial charge in [-0.1, -0.05) is 23.7 Å². The van der Waals surface area contributed by atoms with Crippen LogP contribution in [0, 0.1) is 5.92 Å². The molecule has 2 bridgehead atoms. The van der Waals surface area contributed by atoms with E-state index in [0.29, 0.717) is 18.0 Å². The summed E-state index contributed by atoms with van der Waals surface area (Å²) >= 11 is 6.12. The number of nitrogens with zero attached hydrogens (tertiary/aromatic N) is 1. The van der Waals surface area contributed by atoms with E-state index >= 15 is 0 Å². The van der Waals surface area contributed by atoms with Gasteiger partial charge in [-0.15, -0.1) is 0 Å². The number of rotatable bonds is 2. The van der Waals surface area contributed by atoms with Gasteiger partial charge in [0.25, 0.3) is 0 Å². The van der Waals surface area contributed by atoms with Gasteiger partial charge in [-0.25, -0.2) is 0 Å². The number of carbonyl (C=O) groups excluding carboxylic acids is 1. The summed E-state index contributed by atoms with van der Waals surface area (Å²) in [7, 11) is 0. The number of hydrogen-bond acceptors (Lipinski definition) is 2. The minimum atomic E-state index is 0.198. The van der Waals surface area contributed by atoms with Crippen molar-refractivity contribution in [3.8, 4) is 0 Å². The van der Waals surface area contributed by atoms with Gasteiger partial charge in [-0.3, -0.25) is 4.79 Å². The van der Waals surface area contributed by atoms with E-state index in [4.69, 9.17) is 11.6 Å². The highest BCUT2D eigenvalue weighted by Gasteiger charge is 2.45. The van der Waals surface area contributed by atoms with Crippen molar-refractivity contribution in [3.63, 3.8) is 0 Å². The lowest BCUT2D eigenvalue weighted by atomic mass is 9.87. The Bertz CT molecular complexity index is 561. The van der Waals surface area contributed by atoms with Gasteiger partial charge in [-0.05, 0) is 49.8 Å². The van der Waals surface area contributed by atoms with Crippen molar-refractivity contribution in [2.45, 2.75) is 50.2 Å². The molecule has 0 aliphatic carbocycles. The molecule has 3 heterocycles. The average molecular weight is 305 g/mol. The van der Waals surface area contributed by atoms with Crippen LogP contribution in [0.3, 0.4) is 0 Å². The van der Waals surface area contributed by atoms with Crippen LogP contribution in [-0.4, -0.2) is 29.4 Å². The van der Waals surface area contributed by atoms with Gasteiger partial charge >= 0.3 is 0 Å². The molecule has 0 radical (unpaired) electrons. The lowest BCUT2D eigenvalue weighted by Crippen LogP contribution is -2.40. The fourth-order valence-electron chi connectivity index (χ4n) is 4.40. The van der Waals surface area contributed by atoms with Gasteiger partial charge in [0, 0.05) is 23.7 Å². The predicted molar refractivity (Wildman–Crippen MR) is 83.2 cm³/mol. The third-order valence-electron chi connectivity index (χ3n) is 5.39. The second kappa shape index (κ2) is 5.29. The van der Waals surface area contributed by atoms with E-state index < -0.39 is 0 Å². The monoisotopic (exact) mass is 304 g/mol. The Kier molecular flexibility index (Phi) is 3.43. The van der Waals surface area contributed by atoms with Crippen LogP contribution in [0.4, 0.5) is 0 Å². The van der Waals surface area contributed by atoms with Gasteiger partial charge in [-0.2, -0.15) is 0 Å². The van der Waals surface area contributed by atoms with Crippen LogP contribution in [0.15, 0.2) is 24.3 Å². The van der Waals surface area contributed by atoms with Crippen LogP contribution in [0.25, 0.3) is 0 Å². The molecule has 3 fully saturated rings. The summed E-state index contributed by atoms with van der Waals surface area (Å²) in [5.41, 5.74) is 1.18. The quantitative estimate of drug-likeness (QED) is 0.910. The Morgan fingerprint density at radius 1 is 1.29 bits per heavy atom. The first-order valence-corrected chi connectivity index (χ1v) is 8.42. The van der Waals surface area contributed by atoms with Gasteiger partial charge in [0.15, 0.2) is 0 Å². The van der Waals surface area contributed by atoms with Gasteiger partial charge < -0.3 is 10.2 Å². The maximum atomic E-state index is 13.0. The first kappa shape index (κ1) is 13.6. The molecule has 1 aromatic rings. The third kappa shape index (κ3) is 2.36. The summed E-state index contributed by atoms with van der Waals surface area (Å²) in [4.78, 5) is 15.1. The molecule has 0 aromatic heterocycles. The number of hydrogen-bond donors (Lipinski definition) is 1. The fourth-order valence-corrected chi connectivity index (χ4v) is 4.60. The molecule has 3 aliphatic heterocycles. The lowest BCUT2D eigenvalue weighted by molar-refractivity contribution is -0.137. The Morgan fingerprint density at radius 2 is 2.19 bits per heavy atom. The van der Waals surface area contributed by atoms with Crippen LogP contribution in [-0.2, 0) is 4.79 Å². The first-order valence-electron chi connectivity index (χ1n) is 8.04. The Hall–Kier alpha value is -1.06. The number of benzene rings is 1. The Morgan fingerprint density at radius 3 is 2.90 bits per heavy atom. The summed E-state index contributed by atoms with van der Waals surface area (Å²) in [6, 6.07) is 9.21. The smallest absolute Gasteiger partial charge is 0.227 e. The molecule has 0 spiro atoms. The molecular weight excluding hydrogens is 284 g/mol. The topological polar surface area (TPSA) is 32.3 Å². The maximum Gasteiger partial charge on any atom is 0.227 e. The molecular formula is C17H21ClN2O. The standard InChI is InChI=1S/C17H21ClN2O/c18-12-4-1-3-11(9-12)16-5-2-8-20(16)17(21)14-10-13-6-7-15(14)19-13/h1,3-4,9,13-16,19H,2,5-8,10H2. The summed E-state index contributed by atoms with van der Waals surface area (Å²) in [6.45, 7) is 0.893. The normalized spacial score (nSPS) is 34.6. The zero-order valence-corrected chi connectivity index (χ0v) is 12.9. The number of carbonyl (C=O) groups is 1. The van der Waals surface area contributed by atoms with Crippen LogP contribution in [0.5, 0.6) is 0 Å². The average Bonchev–Trinajstić information content (AvgIpc) is 3.22. The molecule has 21 heavy (non-hydrogen) atoms. The predicted octanol–water partition coefficient (Wildman–Crippen LogP) is 3.14. The molecule has 1 aromatic carbocycles. The largest absolute Gasteiger partial charge is 0.335 e. The molecule has 4 rings (SSSR count). The number of fused-ring (bicyclic) bond motifs is 2. The second-order valence-electron chi connectivity index (χ2n) is 6.63. The van der Waals surface area contributed by atoms with Crippen molar-refractivity contribution >= 4 is 17.5 Å². The van der Waals surface area contributed by atoms with E-state index in [1.54, 1.807) is 0 Å². The van der Waals surface area contributed by atoms with Crippen molar-refractivity contribution in [3.05, 3.63) is 34.9 Å². The number of nitrogens with one attached hydrogen (secondary N) is 1. The Labute approximate surface area is 130 Å². The SMILES string of the molecule is O=C(C1CC2CCC1N2)N1CCCC1c1cccc(Cl)c1. The Balaban J connectivity index is 1.55. The highest BCUT2D eigenvalue weighted by Crippen LogP contribution is 2.39. The molecule has 4 unspecified atom stereocenters. The lowest BCUT2D eigenvalue weighted by Gasteiger charge is -2.30. The summed E-state index contributed by atoms with van der Waals surface area (Å²) in [5, 5.41) is 4.34. The third-order valence-corrected chi connectivity index (χ3v) is 5.62. The number of halogens is 1. The highest BCUT2D eigenvalue weighted by atomic mass is 35.5. The molecule has 3 nitrogen and oxygen atoms in total. The van der Waals surface area contributed by atoms with Crippen LogP contribution in [0.1, 0.15) is 43.7 Å². The number of amides is 1. The van der Waals surface area contributed by atoms with E-state index in [-0.39, 0.29) is 12.0 Å². The van der Waals surface area contributed by atoms with Crippen molar-refractivity contribution in [2.24, 2.45) is 5.92 Å². The molecule has 4 atom stereocenters. The van der Waals surface area contributed by atoms with E-state index in [1.165, 1.54) is 12.0 Å². The zero-order chi connectivity index (χ0) is 14.4. The molecule has 0 saturated carbocycles. The second-order valence-corrected chi connectivity index (χ2v) is 7.07. The maximum absolute atomic E-state index is 13.0. The van der Waals surface area contributed by atoms with E-state index in [0.717, 1.165) is 37.3 Å². The summed E-state index contributed by atoms with van der Waals surface area (Å²) in [6.07, 6.45) is 5.59. The van der Waals surface area contributed by atoms with E-state index in [1.807, 2.05) is 18.2 Å². The number of likely N-dealkylation sites (tertiary alicyclic amines) is 1. The van der Waals surface area contributed by atoms with Crippen molar-refractivity contribution in [1.82, 2.24) is 10.2 Å². The van der Waals surface area contributed by atoms with Crippen LogP contribution >= 0.6 is 11.6 Å². The van der Waals surface area contributed by atoms with Gasteiger partial charge in [0.05, 0.1) is 12.0 Å². The molecule has 1 N–H and O–H groups in total. The molecule has 3 saturated heterocycles. The van der Waals surface area contributed by atoms with Gasteiger partial charge in [0.1, 0.15) is 0 Å². The van der Waals surface area contributed by atoms with Crippen molar-refractivity contribution in [1.29, 1.82) is 0 Å². The van der Waals surface area contributed by atoms with Crippen LogP contribution < -0.4 is 5.32 Å². The van der Waals surface area contributed by atoms with Crippen LogP contribution in [0.2, 0.25) is 5.02 Å². The summed E-state index contributed by atoms with van der Waals surface area (Å²) < 4.78 is 0. The summed E-state index contributed by atoms with van der Waals surface area (Å²) in [5.74, 6) is 0.556. The molecule has 1 amide bonds. The first-order chi connectivity index (χ1) is 10.2.